The molecule has 1 unspecified atom stereocenters. The highest BCUT2D eigenvalue weighted by Crippen LogP contribution is 2.28. The molecule has 0 amide bonds. The first-order valence-corrected chi connectivity index (χ1v) is 7.80. The van der Waals surface area contributed by atoms with E-state index >= 15 is 0 Å². The Balaban J connectivity index is 0.00000208. The van der Waals surface area contributed by atoms with Gasteiger partial charge in [0, 0.05) is 50.7 Å². The second kappa shape index (κ2) is 8.39. The topological polar surface area (TPSA) is 71.3 Å². The maximum atomic E-state index is 11.0. The van der Waals surface area contributed by atoms with Crippen molar-refractivity contribution in [3.63, 3.8) is 0 Å². The van der Waals surface area contributed by atoms with Crippen LogP contribution in [0, 0.1) is 10.1 Å². The summed E-state index contributed by atoms with van der Waals surface area (Å²) in [6.07, 6.45) is 3.57. The van der Waals surface area contributed by atoms with E-state index in [2.05, 4.69) is 15.2 Å². The Morgan fingerprint density at radius 1 is 1.33 bits per heavy atom. The smallest absolute Gasteiger partial charge is 0.288 e. The molecule has 0 spiro atoms. The summed E-state index contributed by atoms with van der Waals surface area (Å²) in [5.41, 5.74) is 2.04. The second-order valence-electron chi connectivity index (χ2n) is 5.51. The Morgan fingerprint density at radius 2 is 2.08 bits per heavy atom. The first-order valence-electron chi connectivity index (χ1n) is 7.42. The van der Waals surface area contributed by atoms with Gasteiger partial charge in [0.2, 0.25) is 0 Å². The number of nitro benzene ring substituents is 1. The third kappa shape index (κ3) is 4.21. The molecule has 2 aromatic rings. The maximum Gasteiger partial charge on any atom is 0.288 e. The van der Waals surface area contributed by atoms with Crippen LogP contribution < -0.4 is 5.32 Å². The molecule has 24 heavy (non-hydrogen) atoms. The average Bonchev–Trinajstić information content (AvgIpc) is 2.57. The van der Waals surface area contributed by atoms with Crippen molar-refractivity contribution >= 4 is 29.7 Å². The number of hydrogen-bond acceptors (Lipinski definition) is 5. The minimum absolute atomic E-state index is 0. The summed E-state index contributed by atoms with van der Waals surface area (Å²) >= 11 is 5.89. The molecule has 0 bridgehead atoms. The SMILES string of the molecule is Cl.O=[N+]([O-])c1cc(CN2CCNCC2c2ccncc2)ccc1Cl. The highest BCUT2D eigenvalue weighted by Gasteiger charge is 2.24. The van der Waals surface area contributed by atoms with Crippen LogP contribution in [0.2, 0.25) is 5.02 Å². The van der Waals surface area contributed by atoms with Crippen molar-refractivity contribution in [3.8, 4) is 0 Å². The van der Waals surface area contributed by atoms with E-state index in [0.29, 0.717) is 6.54 Å². The third-order valence-electron chi connectivity index (χ3n) is 4.04. The lowest BCUT2D eigenvalue weighted by Gasteiger charge is -2.36. The van der Waals surface area contributed by atoms with Gasteiger partial charge in [-0.05, 0) is 29.3 Å². The molecule has 1 atom stereocenters. The molecule has 1 N–H and O–H groups in total. The Hall–Kier alpha value is -1.73. The van der Waals surface area contributed by atoms with E-state index in [4.69, 9.17) is 11.6 Å². The zero-order chi connectivity index (χ0) is 16.2. The molecule has 0 saturated carbocycles. The molecule has 1 aliphatic rings. The molecular formula is C16H18Cl2N4O2. The van der Waals surface area contributed by atoms with Gasteiger partial charge in [0.15, 0.2) is 0 Å². The Morgan fingerprint density at radius 3 is 2.79 bits per heavy atom. The van der Waals surface area contributed by atoms with Crippen LogP contribution >= 0.6 is 24.0 Å². The molecule has 128 valence electrons. The van der Waals surface area contributed by atoms with Crippen molar-refractivity contribution in [2.75, 3.05) is 19.6 Å². The van der Waals surface area contributed by atoms with Gasteiger partial charge in [-0.3, -0.25) is 20.0 Å². The molecule has 1 aromatic heterocycles. The van der Waals surface area contributed by atoms with E-state index in [-0.39, 0.29) is 29.2 Å². The predicted octanol–water partition coefficient (Wildman–Crippen LogP) is 3.21. The summed E-state index contributed by atoms with van der Waals surface area (Å²) < 4.78 is 0. The fraction of sp³-hybridized carbons (Fsp3) is 0.312. The van der Waals surface area contributed by atoms with E-state index in [1.807, 2.05) is 18.2 Å². The minimum atomic E-state index is -0.441. The quantitative estimate of drug-likeness (QED) is 0.662. The standard InChI is InChI=1S/C16H17ClN4O2.ClH/c17-14-2-1-12(9-15(14)21(22)23)11-20-8-7-19-10-16(20)13-3-5-18-6-4-13;/h1-6,9,16,19H,7-8,10-11H2;1H. The highest BCUT2D eigenvalue weighted by atomic mass is 35.5. The van der Waals surface area contributed by atoms with Crippen LogP contribution in [0.25, 0.3) is 0 Å². The van der Waals surface area contributed by atoms with Crippen molar-refractivity contribution in [1.29, 1.82) is 0 Å². The van der Waals surface area contributed by atoms with Gasteiger partial charge in [0.1, 0.15) is 5.02 Å². The number of piperazine rings is 1. The average molecular weight is 369 g/mol. The summed E-state index contributed by atoms with van der Waals surface area (Å²) in [4.78, 5) is 17.0. The highest BCUT2D eigenvalue weighted by molar-refractivity contribution is 6.32. The third-order valence-corrected chi connectivity index (χ3v) is 4.36. The van der Waals surface area contributed by atoms with Crippen LogP contribution in [0.1, 0.15) is 17.2 Å². The molecule has 6 nitrogen and oxygen atoms in total. The summed E-state index contributed by atoms with van der Waals surface area (Å²) in [5.74, 6) is 0. The Bertz CT molecular complexity index is 700. The number of nitrogens with zero attached hydrogens (tertiary/aromatic N) is 3. The Kier molecular flexibility index (Phi) is 6.51. The van der Waals surface area contributed by atoms with Crippen LogP contribution in [0.5, 0.6) is 0 Å². The largest absolute Gasteiger partial charge is 0.314 e. The zero-order valence-electron chi connectivity index (χ0n) is 12.9. The van der Waals surface area contributed by atoms with Gasteiger partial charge in [0.05, 0.1) is 4.92 Å². The van der Waals surface area contributed by atoms with Crippen LogP contribution in [0.15, 0.2) is 42.7 Å². The monoisotopic (exact) mass is 368 g/mol. The van der Waals surface area contributed by atoms with Crippen LogP contribution in [-0.2, 0) is 6.54 Å². The summed E-state index contributed by atoms with van der Waals surface area (Å²) in [6.45, 7) is 3.27. The lowest BCUT2D eigenvalue weighted by atomic mass is 10.0. The van der Waals surface area contributed by atoms with Gasteiger partial charge in [-0.1, -0.05) is 17.7 Å². The van der Waals surface area contributed by atoms with Gasteiger partial charge in [-0.2, -0.15) is 0 Å². The second-order valence-corrected chi connectivity index (χ2v) is 5.92. The molecule has 1 fully saturated rings. The molecule has 2 heterocycles. The van der Waals surface area contributed by atoms with Crippen LogP contribution in [0.4, 0.5) is 5.69 Å². The van der Waals surface area contributed by atoms with Crippen molar-refractivity contribution < 1.29 is 4.92 Å². The van der Waals surface area contributed by atoms with E-state index in [1.165, 1.54) is 5.56 Å². The molecule has 1 aromatic carbocycles. The zero-order valence-corrected chi connectivity index (χ0v) is 14.5. The fourth-order valence-corrected chi connectivity index (χ4v) is 3.07. The normalized spacial score (nSPS) is 18.0. The van der Waals surface area contributed by atoms with E-state index in [1.54, 1.807) is 24.5 Å². The lowest BCUT2D eigenvalue weighted by Crippen LogP contribution is -2.45. The number of nitro groups is 1. The van der Waals surface area contributed by atoms with Gasteiger partial charge in [-0.15, -0.1) is 12.4 Å². The summed E-state index contributed by atoms with van der Waals surface area (Å²) in [5, 5.41) is 14.6. The Labute approximate surface area is 151 Å². The lowest BCUT2D eigenvalue weighted by molar-refractivity contribution is -0.384. The first-order chi connectivity index (χ1) is 11.1. The summed E-state index contributed by atoms with van der Waals surface area (Å²) in [7, 11) is 0. The van der Waals surface area contributed by atoms with Crippen LogP contribution in [-0.4, -0.2) is 34.4 Å². The van der Waals surface area contributed by atoms with Gasteiger partial charge < -0.3 is 5.32 Å². The molecular weight excluding hydrogens is 351 g/mol. The minimum Gasteiger partial charge on any atom is -0.314 e. The number of pyridine rings is 1. The van der Waals surface area contributed by atoms with E-state index in [9.17, 15) is 10.1 Å². The van der Waals surface area contributed by atoms with Crippen molar-refractivity contribution in [1.82, 2.24) is 15.2 Å². The van der Waals surface area contributed by atoms with Crippen molar-refractivity contribution in [2.45, 2.75) is 12.6 Å². The first kappa shape index (κ1) is 18.6. The molecule has 8 heteroatoms. The number of hydrogen-bond donors (Lipinski definition) is 1. The van der Waals surface area contributed by atoms with Gasteiger partial charge >= 0.3 is 0 Å². The molecule has 1 saturated heterocycles. The number of benzene rings is 1. The van der Waals surface area contributed by atoms with E-state index in [0.717, 1.165) is 25.2 Å². The number of rotatable bonds is 4. The molecule has 3 rings (SSSR count). The van der Waals surface area contributed by atoms with E-state index < -0.39 is 4.92 Å². The molecule has 0 radical (unpaired) electrons. The predicted molar refractivity (Wildman–Crippen MR) is 95.6 cm³/mol. The molecule has 1 aliphatic heterocycles. The van der Waals surface area contributed by atoms with Crippen molar-refractivity contribution in [2.24, 2.45) is 0 Å². The number of aromatic nitrogens is 1. The maximum absolute atomic E-state index is 11.0. The van der Waals surface area contributed by atoms with Crippen molar-refractivity contribution in [3.05, 3.63) is 69.0 Å². The van der Waals surface area contributed by atoms with Gasteiger partial charge in [-0.25, -0.2) is 0 Å². The van der Waals surface area contributed by atoms with Gasteiger partial charge in [0.25, 0.3) is 5.69 Å². The van der Waals surface area contributed by atoms with Crippen LogP contribution in [0.3, 0.4) is 0 Å². The molecule has 0 aliphatic carbocycles. The number of halogens is 2. The number of nitrogens with one attached hydrogen (secondary N) is 1. The summed E-state index contributed by atoms with van der Waals surface area (Å²) in [6, 6.07) is 9.25. The fourth-order valence-electron chi connectivity index (χ4n) is 2.88.